The number of carbonyl (C=O) groups excluding carboxylic acids is 2. The molecule has 6 nitrogen and oxygen atoms in total. The van der Waals surface area contributed by atoms with Crippen molar-refractivity contribution in [2.24, 2.45) is 5.92 Å². The van der Waals surface area contributed by atoms with Crippen molar-refractivity contribution in [2.45, 2.75) is 62.8 Å². The van der Waals surface area contributed by atoms with Crippen molar-refractivity contribution in [1.29, 1.82) is 0 Å². The molecule has 3 N–H and O–H groups in total. The Kier molecular flexibility index (Phi) is 8.20. The predicted octanol–water partition coefficient (Wildman–Crippen LogP) is 3.60. The van der Waals surface area contributed by atoms with E-state index in [0.29, 0.717) is 19.3 Å². The van der Waals surface area contributed by atoms with Gasteiger partial charge >= 0.3 is 0 Å². The third kappa shape index (κ3) is 6.14. The standard InChI is InChI=1S/C32H36N2O4/c35-27(21-34-26(15-16-30(34)37)18-23-11-5-2-6-12-23)19-25(17-22-9-3-1-4-10-22)32(38)33-31-28-14-8-7-13-24(28)20-29(31)36/h1-14,25-27,29,31,35-36H,15-21H2,(H,33,38)/t25?,26-,27?,29?,31?/m1/s1. The van der Waals surface area contributed by atoms with Crippen molar-refractivity contribution in [3.8, 4) is 0 Å². The second-order valence-electron chi connectivity index (χ2n) is 10.7. The summed E-state index contributed by atoms with van der Waals surface area (Å²) in [4.78, 5) is 28.1. The fourth-order valence-corrected chi connectivity index (χ4v) is 5.97. The third-order valence-electron chi connectivity index (χ3n) is 7.93. The first-order valence-electron chi connectivity index (χ1n) is 13.6. The number of fused-ring (bicyclic) bond motifs is 1. The van der Waals surface area contributed by atoms with Crippen LogP contribution < -0.4 is 5.32 Å². The summed E-state index contributed by atoms with van der Waals surface area (Å²) in [6.45, 7) is 0.212. The highest BCUT2D eigenvalue weighted by molar-refractivity contribution is 5.80. The second-order valence-corrected chi connectivity index (χ2v) is 10.7. The molecule has 0 radical (unpaired) electrons. The summed E-state index contributed by atoms with van der Waals surface area (Å²) < 4.78 is 0. The highest BCUT2D eigenvalue weighted by Crippen LogP contribution is 2.32. The minimum atomic E-state index is -0.837. The monoisotopic (exact) mass is 512 g/mol. The molecule has 3 aromatic carbocycles. The number of carbonyl (C=O) groups is 2. The van der Waals surface area contributed by atoms with Gasteiger partial charge in [-0.3, -0.25) is 9.59 Å². The van der Waals surface area contributed by atoms with Crippen LogP contribution in [-0.4, -0.2) is 51.7 Å². The van der Waals surface area contributed by atoms with E-state index in [-0.39, 0.29) is 30.8 Å². The quantitative estimate of drug-likeness (QED) is 0.387. The van der Waals surface area contributed by atoms with Crippen LogP contribution in [0.2, 0.25) is 0 Å². The smallest absolute Gasteiger partial charge is 0.224 e. The number of hydrogen-bond acceptors (Lipinski definition) is 4. The van der Waals surface area contributed by atoms with Gasteiger partial charge in [-0.25, -0.2) is 0 Å². The van der Waals surface area contributed by atoms with Crippen molar-refractivity contribution < 1.29 is 19.8 Å². The van der Waals surface area contributed by atoms with Gasteiger partial charge in [-0.05, 0) is 47.9 Å². The number of aliphatic hydroxyl groups is 2. The lowest BCUT2D eigenvalue weighted by molar-refractivity contribution is -0.131. The minimum absolute atomic E-state index is 0.0473. The molecule has 1 aliphatic heterocycles. The Labute approximate surface area is 224 Å². The molecule has 5 rings (SSSR count). The van der Waals surface area contributed by atoms with Gasteiger partial charge in [0.25, 0.3) is 0 Å². The molecule has 2 aliphatic rings. The average molecular weight is 513 g/mol. The zero-order valence-electron chi connectivity index (χ0n) is 21.6. The number of rotatable bonds is 10. The molecule has 0 aromatic heterocycles. The lowest BCUT2D eigenvalue weighted by Crippen LogP contribution is -2.43. The molecule has 38 heavy (non-hydrogen) atoms. The van der Waals surface area contributed by atoms with Crippen molar-refractivity contribution in [2.75, 3.05) is 6.54 Å². The first-order chi connectivity index (χ1) is 18.5. The van der Waals surface area contributed by atoms with E-state index >= 15 is 0 Å². The summed E-state index contributed by atoms with van der Waals surface area (Å²) in [5.74, 6) is -0.639. The van der Waals surface area contributed by atoms with Crippen molar-refractivity contribution in [1.82, 2.24) is 10.2 Å². The van der Waals surface area contributed by atoms with Crippen molar-refractivity contribution in [3.05, 3.63) is 107 Å². The molecule has 1 saturated heterocycles. The maximum absolute atomic E-state index is 13.6. The van der Waals surface area contributed by atoms with Gasteiger partial charge in [-0.1, -0.05) is 84.9 Å². The van der Waals surface area contributed by atoms with E-state index in [9.17, 15) is 19.8 Å². The molecule has 1 heterocycles. The van der Waals surface area contributed by atoms with Crippen LogP contribution in [0.25, 0.3) is 0 Å². The largest absolute Gasteiger partial charge is 0.391 e. The fourth-order valence-electron chi connectivity index (χ4n) is 5.97. The summed E-state index contributed by atoms with van der Waals surface area (Å²) in [6.07, 6.45) is 1.70. The van der Waals surface area contributed by atoms with Gasteiger partial charge in [0.15, 0.2) is 0 Å². The van der Waals surface area contributed by atoms with Crippen LogP contribution in [0.3, 0.4) is 0 Å². The van der Waals surface area contributed by atoms with Crippen molar-refractivity contribution >= 4 is 11.8 Å². The average Bonchev–Trinajstić information content (AvgIpc) is 3.43. The molecule has 3 aromatic rings. The number of hydrogen-bond donors (Lipinski definition) is 3. The number of nitrogens with zero attached hydrogens (tertiary/aromatic N) is 1. The number of amides is 2. The van der Waals surface area contributed by atoms with Gasteiger partial charge in [-0.2, -0.15) is 0 Å². The maximum Gasteiger partial charge on any atom is 0.224 e. The first-order valence-corrected chi connectivity index (χ1v) is 13.6. The van der Waals surface area contributed by atoms with Crippen LogP contribution in [0.1, 0.15) is 47.6 Å². The molecule has 0 saturated carbocycles. The molecule has 2 amide bonds. The second kappa shape index (κ2) is 11.9. The lowest BCUT2D eigenvalue weighted by atomic mass is 9.91. The molecule has 4 unspecified atom stereocenters. The Morgan fingerprint density at radius 2 is 1.61 bits per heavy atom. The normalized spacial score (nSPS) is 22.2. The topological polar surface area (TPSA) is 89.9 Å². The zero-order chi connectivity index (χ0) is 26.5. The van der Waals surface area contributed by atoms with Crippen LogP contribution in [0.5, 0.6) is 0 Å². The van der Waals surface area contributed by atoms with E-state index in [2.05, 4.69) is 17.4 Å². The summed E-state index contributed by atoms with van der Waals surface area (Å²) in [5.41, 5.74) is 4.16. The molecule has 1 aliphatic carbocycles. The number of aliphatic hydroxyl groups excluding tert-OH is 2. The van der Waals surface area contributed by atoms with Gasteiger partial charge in [-0.15, -0.1) is 0 Å². The molecular formula is C32H36N2O4. The van der Waals surface area contributed by atoms with Gasteiger partial charge < -0.3 is 20.4 Å². The molecule has 0 bridgehead atoms. The van der Waals surface area contributed by atoms with Crippen LogP contribution in [0, 0.1) is 5.92 Å². The Morgan fingerprint density at radius 1 is 0.947 bits per heavy atom. The van der Waals surface area contributed by atoms with Gasteiger partial charge in [0.2, 0.25) is 11.8 Å². The summed E-state index contributed by atoms with van der Waals surface area (Å²) in [6, 6.07) is 27.2. The predicted molar refractivity (Wildman–Crippen MR) is 146 cm³/mol. The molecule has 0 spiro atoms. The van der Waals surface area contributed by atoms with Crippen LogP contribution in [0.4, 0.5) is 0 Å². The minimum Gasteiger partial charge on any atom is -0.391 e. The Bertz CT molecular complexity index is 1230. The van der Waals surface area contributed by atoms with Gasteiger partial charge in [0, 0.05) is 31.3 Å². The third-order valence-corrected chi connectivity index (χ3v) is 7.93. The van der Waals surface area contributed by atoms with E-state index in [1.165, 1.54) is 5.56 Å². The lowest BCUT2D eigenvalue weighted by Gasteiger charge is -2.29. The van der Waals surface area contributed by atoms with E-state index in [1.54, 1.807) is 4.90 Å². The first kappa shape index (κ1) is 26.1. The van der Waals surface area contributed by atoms with Crippen LogP contribution >= 0.6 is 0 Å². The summed E-state index contributed by atoms with van der Waals surface area (Å²) in [5, 5.41) is 24.9. The Morgan fingerprint density at radius 3 is 2.34 bits per heavy atom. The van der Waals surface area contributed by atoms with E-state index in [4.69, 9.17) is 0 Å². The number of nitrogens with one attached hydrogen (secondary N) is 1. The molecule has 198 valence electrons. The van der Waals surface area contributed by atoms with E-state index in [1.807, 2.05) is 72.8 Å². The molecule has 5 atom stereocenters. The summed E-state index contributed by atoms with van der Waals surface area (Å²) in [7, 11) is 0. The molecular weight excluding hydrogens is 476 g/mol. The molecule has 6 heteroatoms. The SMILES string of the molecule is O=C(NC1c2ccccc2CC1O)C(Cc1ccccc1)CC(O)CN1C(=O)CC[C@@H]1Cc1ccccc1. The number of likely N-dealkylation sites (tertiary alicyclic amines) is 1. The number of benzene rings is 3. The summed E-state index contributed by atoms with van der Waals surface area (Å²) >= 11 is 0. The fraction of sp³-hybridized carbons (Fsp3) is 0.375. The Hall–Kier alpha value is -3.48. The molecule has 1 fully saturated rings. The van der Waals surface area contributed by atoms with Gasteiger partial charge in [0.1, 0.15) is 0 Å². The van der Waals surface area contributed by atoms with Crippen LogP contribution in [0.15, 0.2) is 84.9 Å². The van der Waals surface area contributed by atoms with Gasteiger partial charge in [0.05, 0.1) is 18.2 Å². The van der Waals surface area contributed by atoms with Crippen molar-refractivity contribution in [3.63, 3.8) is 0 Å². The van der Waals surface area contributed by atoms with Crippen LogP contribution in [-0.2, 0) is 28.9 Å². The van der Waals surface area contributed by atoms with E-state index < -0.39 is 24.2 Å². The van der Waals surface area contributed by atoms with E-state index in [0.717, 1.165) is 29.5 Å². The highest BCUT2D eigenvalue weighted by atomic mass is 16.3. The Balaban J connectivity index is 1.28. The highest BCUT2D eigenvalue weighted by Gasteiger charge is 2.36. The zero-order valence-corrected chi connectivity index (χ0v) is 21.6. The maximum atomic E-state index is 13.6. The number of β-amino-alcohol motifs (C(OH)–C–C–N with tert-alkyl or cyclic N) is 1.